The molecule has 2 fully saturated rings. The number of nitrogens with zero attached hydrogens (tertiary/aromatic N) is 2. The van der Waals surface area contributed by atoms with Gasteiger partial charge in [-0.15, -0.1) is 0 Å². The fraction of sp³-hybridized carbons (Fsp3) is 0.516. The Bertz CT molecular complexity index is 1160. The van der Waals surface area contributed by atoms with Crippen LogP contribution < -0.4 is 4.57 Å². The van der Waals surface area contributed by atoms with Crippen LogP contribution in [0.1, 0.15) is 87.3 Å². The molecule has 2 saturated carbocycles. The molecule has 2 atom stereocenters. The Morgan fingerprint density at radius 2 is 1.36 bits per heavy atom. The first-order valence-corrected chi connectivity index (χ1v) is 13.7. The summed E-state index contributed by atoms with van der Waals surface area (Å²) in [6.45, 7) is 1.16. The average molecular weight is 438 g/mol. The van der Waals surface area contributed by atoms with Crippen molar-refractivity contribution in [3.63, 3.8) is 0 Å². The fourth-order valence-corrected chi connectivity index (χ4v) is 7.91. The summed E-state index contributed by atoms with van der Waals surface area (Å²) in [7, 11) is 0. The largest absolute Gasteiger partial charge is 0.245 e. The van der Waals surface area contributed by atoms with E-state index in [9.17, 15) is 0 Å². The van der Waals surface area contributed by atoms with Crippen molar-refractivity contribution in [1.82, 2.24) is 4.57 Å². The van der Waals surface area contributed by atoms with E-state index in [-0.39, 0.29) is 0 Å². The molecule has 0 N–H and O–H groups in total. The first kappa shape index (κ1) is 20.1. The van der Waals surface area contributed by atoms with Crippen LogP contribution in [-0.2, 0) is 13.0 Å². The second-order valence-electron chi connectivity index (χ2n) is 11.3. The van der Waals surface area contributed by atoms with E-state index in [1.54, 1.807) is 11.1 Å². The molecule has 0 radical (unpaired) electrons. The van der Waals surface area contributed by atoms with Crippen LogP contribution in [0.5, 0.6) is 0 Å². The summed E-state index contributed by atoms with van der Waals surface area (Å²) in [6.07, 6.45) is 17.9. The van der Waals surface area contributed by atoms with Gasteiger partial charge >= 0.3 is 0 Å². The van der Waals surface area contributed by atoms with Crippen LogP contribution in [0, 0.1) is 11.8 Å². The van der Waals surface area contributed by atoms with Crippen molar-refractivity contribution in [3.05, 3.63) is 66.0 Å². The third-order valence-corrected chi connectivity index (χ3v) is 9.51. The van der Waals surface area contributed by atoms with Crippen LogP contribution in [0.25, 0.3) is 22.5 Å². The lowest BCUT2D eigenvalue weighted by atomic mass is 9.73. The molecular formula is C31H37N2+. The van der Waals surface area contributed by atoms with Crippen molar-refractivity contribution in [1.29, 1.82) is 0 Å². The van der Waals surface area contributed by atoms with E-state index < -0.39 is 0 Å². The Balaban J connectivity index is 1.40. The maximum absolute atomic E-state index is 2.74. The Morgan fingerprint density at radius 3 is 2.15 bits per heavy atom. The fourth-order valence-electron chi connectivity index (χ4n) is 7.91. The molecule has 3 aromatic rings. The Morgan fingerprint density at radius 1 is 0.697 bits per heavy atom. The van der Waals surface area contributed by atoms with Crippen molar-refractivity contribution < 1.29 is 4.57 Å². The number of fused-ring (bicyclic) bond motifs is 7. The van der Waals surface area contributed by atoms with Crippen LogP contribution in [0.15, 0.2) is 54.9 Å². The summed E-state index contributed by atoms with van der Waals surface area (Å²) < 4.78 is 5.42. The molecular weight excluding hydrogens is 400 g/mol. The monoisotopic (exact) mass is 437 g/mol. The molecule has 2 aliphatic heterocycles. The lowest BCUT2D eigenvalue weighted by molar-refractivity contribution is -0.691. The molecule has 2 nitrogen and oxygen atoms in total. The Labute approximate surface area is 198 Å². The molecule has 0 saturated heterocycles. The maximum Gasteiger partial charge on any atom is 0.245 e. The molecule has 33 heavy (non-hydrogen) atoms. The van der Waals surface area contributed by atoms with Gasteiger partial charge in [-0.05, 0) is 48.6 Å². The highest BCUT2D eigenvalue weighted by Gasteiger charge is 2.43. The molecule has 0 bridgehead atoms. The average Bonchev–Trinajstić information content (AvgIpc) is 3.29. The van der Waals surface area contributed by atoms with Gasteiger partial charge in [0.2, 0.25) is 6.33 Å². The van der Waals surface area contributed by atoms with Gasteiger partial charge in [-0.25, -0.2) is 9.13 Å². The van der Waals surface area contributed by atoms with Gasteiger partial charge in [-0.3, -0.25) is 0 Å². The zero-order valence-corrected chi connectivity index (χ0v) is 19.9. The van der Waals surface area contributed by atoms with Crippen LogP contribution in [0.4, 0.5) is 0 Å². The van der Waals surface area contributed by atoms with Crippen LogP contribution >= 0.6 is 0 Å². The van der Waals surface area contributed by atoms with Crippen LogP contribution in [-0.4, -0.2) is 4.57 Å². The lowest BCUT2D eigenvalue weighted by Crippen LogP contribution is -2.43. The molecule has 0 spiro atoms. The number of hydrogen-bond acceptors (Lipinski definition) is 0. The summed E-state index contributed by atoms with van der Waals surface area (Å²) in [4.78, 5) is 0. The summed E-state index contributed by atoms with van der Waals surface area (Å²) >= 11 is 0. The second kappa shape index (κ2) is 8.15. The van der Waals surface area contributed by atoms with E-state index in [2.05, 4.69) is 64.0 Å². The van der Waals surface area contributed by atoms with E-state index in [0.29, 0.717) is 12.0 Å². The van der Waals surface area contributed by atoms with E-state index in [1.807, 2.05) is 0 Å². The molecule has 0 amide bonds. The molecule has 2 heteroatoms. The number of hydrogen-bond donors (Lipinski definition) is 0. The van der Waals surface area contributed by atoms with Gasteiger partial charge in [0.05, 0.1) is 6.54 Å². The second-order valence-corrected chi connectivity index (χ2v) is 11.3. The van der Waals surface area contributed by atoms with Crippen molar-refractivity contribution in [2.45, 2.75) is 89.1 Å². The maximum atomic E-state index is 2.74. The summed E-state index contributed by atoms with van der Waals surface area (Å²) in [5, 5.41) is 0. The third-order valence-electron chi connectivity index (χ3n) is 9.51. The Hall–Kier alpha value is -2.35. The number of benzene rings is 2. The smallest absolute Gasteiger partial charge is 0.229 e. The SMILES string of the molecule is c1ccc2c(c1)C[C@@H](C1CCCCC1)n1c[n+]3c(c1-2)-c1ccccc1[C@H](C1CCCCC1)C3. The van der Waals surface area contributed by atoms with Crippen molar-refractivity contribution in [2.75, 3.05) is 0 Å². The highest BCUT2D eigenvalue weighted by molar-refractivity contribution is 5.81. The van der Waals surface area contributed by atoms with Crippen LogP contribution in [0.3, 0.4) is 0 Å². The minimum Gasteiger partial charge on any atom is -0.229 e. The van der Waals surface area contributed by atoms with Gasteiger partial charge in [-0.2, -0.15) is 0 Å². The van der Waals surface area contributed by atoms with Gasteiger partial charge in [0.15, 0.2) is 11.4 Å². The first-order valence-electron chi connectivity index (χ1n) is 13.7. The number of imidazole rings is 1. The van der Waals surface area contributed by atoms with Crippen molar-refractivity contribution >= 4 is 0 Å². The molecule has 1 aromatic heterocycles. The zero-order chi connectivity index (χ0) is 21.8. The lowest BCUT2D eigenvalue weighted by Gasteiger charge is -2.33. The topological polar surface area (TPSA) is 8.81 Å². The predicted octanol–water partition coefficient (Wildman–Crippen LogP) is 7.46. The standard InChI is InChI=1S/C31H37N2/c1-3-11-22(12-4-1)28-20-32-21-33-29(23-13-5-2-6-14-23)19-24-15-7-8-16-25(24)31(33)30(32)27-18-10-9-17-26(27)28/h7-10,15-18,21-23,28-29H,1-6,11-14,19-20H2/q+1/t28-,29-/m0/s1. The zero-order valence-electron chi connectivity index (χ0n) is 19.9. The summed E-state index contributed by atoms with van der Waals surface area (Å²) in [5.74, 6) is 2.34. The van der Waals surface area contributed by atoms with Gasteiger partial charge in [-0.1, -0.05) is 87.1 Å². The highest BCUT2D eigenvalue weighted by atomic mass is 15.2. The normalized spacial score (nSPS) is 25.1. The number of rotatable bonds is 2. The number of aromatic nitrogens is 2. The molecule has 7 rings (SSSR count). The van der Waals surface area contributed by atoms with E-state index in [4.69, 9.17) is 0 Å². The molecule has 2 aliphatic carbocycles. The van der Waals surface area contributed by atoms with Gasteiger partial charge in [0.1, 0.15) is 6.04 Å². The molecule has 170 valence electrons. The van der Waals surface area contributed by atoms with Crippen molar-refractivity contribution in [3.8, 4) is 22.5 Å². The van der Waals surface area contributed by atoms with Gasteiger partial charge in [0, 0.05) is 23.5 Å². The predicted molar refractivity (Wildman–Crippen MR) is 134 cm³/mol. The summed E-state index contributed by atoms with van der Waals surface area (Å²) in [6, 6.07) is 19.3. The van der Waals surface area contributed by atoms with Crippen LogP contribution in [0.2, 0.25) is 0 Å². The first-order chi connectivity index (χ1) is 16.4. The minimum atomic E-state index is 0.619. The van der Waals surface area contributed by atoms with E-state index in [1.165, 1.54) is 93.1 Å². The van der Waals surface area contributed by atoms with Gasteiger partial charge < -0.3 is 0 Å². The summed E-state index contributed by atoms with van der Waals surface area (Å²) in [5.41, 5.74) is 9.16. The quantitative estimate of drug-likeness (QED) is 0.368. The minimum absolute atomic E-state index is 0.619. The van der Waals surface area contributed by atoms with E-state index >= 15 is 0 Å². The van der Waals surface area contributed by atoms with Gasteiger partial charge in [0.25, 0.3) is 0 Å². The highest BCUT2D eigenvalue weighted by Crippen LogP contribution is 2.49. The molecule has 3 heterocycles. The third kappa shape index (κ3) is 3.24. The molecule has 2 aromatic carbocycles. The molecule has 0 unspecified atom stereocenters. The van der Waals surface area contributed by atoms with Crippen molar-refractivity contribution in [2.24, 2.45) is 11.8 Å². The molecule has 4 aliphatic rings. The van der Waals surface area contributed by atoms with E-state index in [0.717, 1.165) is 18.4 Å². The Kier molecular flexibility index (Phi) is 4.95.